The third-order valence-corrected chi connectivity index (χ3v) is 2.20. The number of benzene rings is 1. The zero-order valence-electron chi connectivity index (χ0n) is 9.30. The minimum Gasteiger partial charge on any atom is -0.494 e. The minimum absolute atomic E-state index is 0.254. The van der Waals surface area contributed by atoms with E-state index in [1.165, 1.54) is 7.11 Å². The average Bonchev–Trinajstić information content (AvgIpc) is 2.20. The van der Waals surface area contributed by atoms with Crippen molar-refractivity contribution in [2.45, 2.75) is 20.3 Å². The summed E-state index contributed by atoms with van der Waals surface area (Å²) in [6.45, 7) is 4.05. The van der Waals surface area contributed by atoms with Gasteiger partial charge < -0.3 is 4.74 Å². The molecular weight excluding hydrogens is 191 g/mol. The van der Waals surface area contributed by atoms with Crippen LogP contribution in [0.3, 0.4) is 0 Å². The smallest absolute Gasteiger partial charge is 0.169 e. The van der Waals surface area contributed by atoms with Crippen LogP contribution in [0.15, 0.2) is 12.1 Å². The Morgan fingerprint density at radius 1 is 1.47 bits per heavy atom. The lowest BCUT2D eigenvalue weighted by molar-refractivity contribution is 0.383. The fraction of sp³-hybridized carbons (Fsp3) is 0.385. The van der Waals surface area contributed by atoms with Crippen LogP contribution in [0.25, 0.3) is 0 Å². The summed E-state index contributed by atoms with van der Waals surface area (Å²) in [5.41, 5.74) is 1.19. The highest BCUT2D eigenvalue weighted by atomic mass is 19.1. The second-order valence-corrected chi connectivity index (χ2v) is 3.85. The molecular formula is C13H15FO. The van der Waals surface area contributed by atoms with E-state index in [0.717, 1.165) is 0 Å². The third kappa shape index (κ3) is 2.50. The zero-order chi connectivity index (χ0) is 11.4. The molecule has 80 valence electrons. The average molecular weight is 206 g/mol. The van der Waals surface area contributed by atoms with Crippen LogP contribution in [0.4, 0.5) is 4.39 Å². The summed E-state index contributed by atoms with van der Waals surface area (Å²) in [6, 6.07) is 3.29. The molecule has 0 heterocycles. The molecule has 2 heteroatoms. The third-order valence-electron chi connectivity index (χ3n) is 2.20. The molecule has 0 bridgehead atoms. The predicted molar refractivity (Wildman–Crippen MR) is 59.4 cm³/mol. The molecule has 1 aromatic rings. The first kappa shape index (κ1) is 11.6. The number of rotatable bonds is 3. The van der Waals surface area contributed by atoms with Crippen LogP contribution >= 0.6 is 0 Å². The van der Waals surface area contributed by atoms with Crippen molar-refractivity contribution in [2.24, 2.45) is 5.92 Å². The van der Waals surface area contributed by atoms with Crippen LogP contribution in [-0.2, 0) is 6.42 Å². The first-order valence-electron chi connectivity index (χ1n) is 4.92. The van der Waals surface area contributed by atoms with Gasteiger partial charge in [-0.1, -0.05) is 19.8 Å². The number of terminal acetylenes is 1. The lowest BCUT2D eigenvalue weighted by Crippen LogP contribution is -2.03. The van der Waals surface area contributed by atoms with E-state index >= 15 is 0 Å². The molecule has 0 radical (unpaired) electrons. The number of hydrogen-bond donors (Lipinski definition) is 0. The summed E-state index contributed by atoms with van der Waals surface area (Å²) in [6.07, 6.45) is 5.96. The second-order valence-electron chi connectivity index (χ2n) is 3.85. The lowest BCUT2D eigenvalue weighted by Gasteiger charge is -2.11. The molecule has 1 nitrogen and oxygen atoms in total. The van der Waals surface area contributed by atoms with Crippen molar-refractivity contribution in [3.8, 4) is 18.1 Å². The predicted octanol–water partition coefficient (Wildman–Crippen LogP) is 3.01. The van der Waals surface area contributed by atoms with Crippen LogP contribution < -0.4 is 4.74 Å². The summed E-state index contributed by atoms with van der Waals surface area (Å²) in [4.78, 5) is 0. The Morgan fingerprint density at radius 3 is 2.60 bits per heavy atom. The summed E-state index contributed by atoms with van der Waals surface area (Å²) in [5.74, 6) is 2.78. The number of hydrogen-bond acceptors (Lipinski definition) is 1. The first-order valence-corrected chi connectivity index (χ1v) is 4.92. The molecule has 1 aromatic carbocycles. The van der Waals surface area contributed by atoms with Crippen LogP contribution in [0.5, 0.6) is 5.75 Å². The van der Waals surface area contributed by atoms with Crippen LogP contribution in [-0.4, -0.2) is 7.11 Å². The van der Waals surface area contributed by atoms with E-state index in [1.54, 1.807) is 12.1 Å². The topological polar surface area (TPSA) is 9.23 Å². The van der Waals surface area contributed by atoms with Gasteiger partial charge in [-0.15, -0.1) is 6.42 Å². The van der Waals surface area contributed by atoms with Gasteiger partial charge in [0.05, 0.1) is 7.11 Å². The number of methoxy groups -OCH3 is 1. The molecule has 0 amide bonds. The first-order chi connectivity index (χ1) is 7.10. The quantitative estimate of drug-likeness (QED) is 0.691. The highest BCUT2D eigenvalue weighted by Gasteiger charge is 2.13. The van der Waals surface area contributed by atoms with Crippen molar-refractivity contribution in [1.82, 2.24) is 0 Å². The molecule has 0 unspecified atom stereocenters. The van der Waals surface area contributed by atoms with E-state index in [2.05, 4.69) is 5.92 Å². The Bertz CT molecular complexity index is 388. The number of ether oxygens (including phenoxy) is 1. The van der Waals surface area contributed by atoms with Gasteiger partial charge in [-0.3, -0.25) is 0 Å². The van der Waals surface area contributed by atoms with Crippen molar-refractivity contribution < 1.29 is 9.13 Å². The SMILES string of the molecule is C#Cc1ccc(OC)c(F)c1CC(C)C. The van der Waals surface area contributed by atoms with Gasteiger partial charge in [0.25, 0.3) is 0 Å². The summed E-state index contributed by atoms with van der Waals surface area (Å²) < 4.78 is 18.8. The lowest BCUT2D eigenvalue weighted by atomic mass is 9.97. The second kappa shape index (κ2) is 4.84. The van der Waals surface area contributed by atoms with Crippen LogP contribution in [0, 0.1) is 24.1 Å². The molecule has 0 aliphatic carbocycles. The maximum Gasteiger partial charge on any atom is 0.169 e. The Hall–Kier alpha value is -1.49. The molecule has 0 saturated heterocycles. The molecule has 0 atom stereocenters. The highest BCUT2D eigenvalue weighted by molar-refractivity contribution is 5.45. The summed E-state index contributed by atoms with van der Waals surface area (Å²) in [5, 5.41) is 0. The Kier molecular flexibility index (Phi) is 3.74. The van der Waals surface area contributed by atoms with Gasteiger partial charge >= 0.3 is 0 Å². The van der Waals surface area contributed by atoms with Gasteiger partial charge in [0.1, 0.15) is 0 Å². The number of halogens is 1. The molecule has 0 spiro atoms. The molecule has 0 fully saturated rings. The highest BCUT2D eigenvalue weighted by Crippen LogP contribution is 2.25. The normalized spacial score (nSPS) is 10.1. The maximum absolute atomic E-state index is 13.9. The standard InChI is InChI=1S/C13H15FO/c1-5-10-6-7-12(15-4)13(14)11(10)8-9(2)3/h1,6-7,9H,8H2,2-4H3. The van der Waals surface area contributed by atoms with Gasteiger partial charge in [-0.2, -0.15) is 0 Å². The molecule has 0 aliphatic heterocycles. The zero-order valence-corrected chi connectivity index (χ0v) is 9.30. The Morgan fingerprint density at radius 2 is 2.13 bits per heavy atom. The molecule has 0 aromatic heterocycles. The molecule has 0 saturated carbocycles. The van der Waals surface area contributed by atoms with E-state index < -0.39 is 0 Å². The van der Waals surface area contributed by atoms with Crippen LogP contribution in [0.2, 0.25) is 0 Å². The summed E-state index contributed by atoms with van der Waals surface area (Å²) in [7, 11) is 1.45. The van der Waals surface area contributed by atoms with E-state index in [0.29, 0.717) is 23.5 Å². The van der Waals surface area contributed by atoms with Crippen molar-refractivity contribution >= 4 is 0 Å². The Balaban J connectivity index is 3.24. The summed E-state index contributed by atoms with van der Waals surface area (Å²) >= 11 is 0. The van der Waals surface area contributed by atoms with E-state index in [4.69, 9.17) is 11.2 Å². The van der Waals surface area contributed by atoms with Gasteiger partial charge in [0, 0.05) is 11.1 Å². The Labute approximate surface area is 90.3 Å². The van der Waals surface area contributed by atoms with Crippen molar-refractivity contribution in [2.75, 3.05) is 7.11 Å². The van der Waals surface area contributed by atoms with Gasteiger partial charge in [-0.25, -0.2) is 4.39 Å². The van der Waals surface area contributed by atoms with Crippen molar-refractivity contribution in [3.05, 3.63) is 29.1 Å². The van der Waals surface area contributed by atoms with Gasteiger partial charge in [0.15, 0.2) is 11.6 Å². The van der Waals surface area contributed by atoms with Crippen molar-refractivity contribution in [1.29, 1.82) is 0 Å². The fourth-order valence-electron chi connectivity index (χ4n) is 1.50. The molecule has 0 aliphatic rings. The fourth-order valence-corrected chi connectivity index (χ4v) is 1.50. The molecule has 15 heavy (non-hydrogen) atoms. The van der Waals surface area contributed by atoms with Gasteiger partial charge in [-0.05, 0) is 24.5 Å². The van der Waals surface area contributed by atoms with Crippen molar-refractivity contribution in [3.63, 3.8) is 0 Å². The molecule has 1 rings (SSSR count). The minimum atomic E-state index is -0.332. The molecule has 0 N–H and O–H groups in total. The van der Waals surface area contributed by atoms with E-state index in [1.807, 2.05) is 13.8 Å². The van der Waals surface area contributed by atoms with E-state index in [-0.39, 0.29) is 11.6 Å². The maximum atomic E-state index is 13.9. The van der Waals surface area contributed by atoms with E-state index in [9.17, 15) is 4.39 Å². The van der Waals surface area contributed by atoms with Gasteiger partial charge in [0.2, 0.25) is 0 Å². The largest absolute Gasteiger partial charge is 0.494 e. The van der Waals surface area contributed by atoms with Crippen LogP contribution in [0.1, 0.15) is 25.0 Å². The monoisotopic (exact) mass is 206 g/mol.